The van der Waals surface area contributed by atoms with E-state index in [-0.39, 0.29) is 18.3 Å². The number of nitrogens with one attached hydrogen (secondary N) is 2. The smallest absolute Gasteiger partial charge is 0.271 e. The molecular formula is C10H17ClN4O. The van der Waals surface area contributed by atoms with Crippen LogP contribution in [-0.2, 0) is 0 Å². The molecule has 0 radical (unpaired) electrons. The SMILES string of the molecule is CNC1CCCN(C(=O)c2ccn[nH]2)C1.Cl. The van der Waals surface area contributed by atoms with Gasteiger partial charge in [-0.2, -0.15) is 5.10 Å². The molecule has 0 bridgehead atoms. The predicted octanol–water partition coefficient (Wildman–Crippen LogP) is 0.655. The number of likely N-dealkylation sites (tertiary alicyclic amines) is 1. The fourth-order valence-electron chi connectivity index (χ4n) is 1.94. The topological polar surface area (TPSA) is 61.0 Å². The Morgan fingerprint density at radius 2 is 2.50 bits per heavy atom. The van der Waals surface area contributed by atoms with Crippen LogP contribution in [0.3, 0.4) is 0 Å². The third kappa shape index (κ3) is 2.74. The second-order valence-electron chi connectivity index (χ2n) is 3.85. The standard InChI is InChI=1S/C10H16N4O.ClH/c1-11-8-3-2-6-14(7-8)10(15)9-4-5-12-13-9;/h4-5,8,11H,2-3,6-7H2,1H3,(H,12,13);1H. The van der Waals surface area contributed by atoms with Crippen molar-refractivity contribution < 1.29 is 4.79 Å². The summed E-state index contributed by atoms with van der Waals surface area (Å²) in [6.45, 7) is 1.63. The Kier molecular flexibility index (Phi) is 4.76. The molecule has 1 aliphatic heterocycles. The van der Waals surface area contributed by atoms with E-state index < -0.39 is 0 Å². The first kappa shape index (κ1) is 13.0. The minimum absolute atomic E-state index is 0. The molecule has 1 amide bonds. The van der Waals surface area contributed by atoms with Crippen molar-refractivity contribution in [2.75, 3.05) is 20.1 Å². The van der Waals surface area contributed by atoms with Gasteiger partial charge in [0.05, 0.1) is 0 Å². The van der Waals surface area contributed by atoms with E-state index in [4.69, 9.17) is 0 Å². The molecule has 1 aliphatic rings. The molecule has 2 N–H and O–H groups in total. The summed E-state index contributed by atoms with van der Waals surface area (Å²) < 4.78 is 0. The number of amides is 1. The Labute approximate surface area is 101 Å². The number of aromatic nitrogens is 2. The van der Waals surface area contributed by atoms with Crippen molar-refractivity contribution in [3.8, 4) is 0 Å². The lowest BCUT2D eigenvalue weighted by molar-refractivity contribution is 0.0692. The fourth-order valence-corrected chi connectivity index (χ4v) is 1.94. The summed E-state index contributed by atoms with van der Waals surface area (Å²) in [5, 5.41) is 9.71. The second kappa shape index (κ2) is 5.86. The summed E-state index contributed by atoms with van der Waals surface area (Å²) >= 11 is 0. The maximum absolute atomic E-state index is 11.9. The van der Waals surface area contributed by atoms with Gasteiger partial charge in [-0.3, -0.25) is 9.89 Å². The molecule has 1 atom stereocenters. The van der Waals surface area contributed by atoms with Gasteiger partial charge in [-0.25, -0.2) is 0 Å². The zero-order chi connectivity index (χ0) is 10.7. The number of H-pyrrole nitrogens is 1. The lowest BCUT2D eigenvalue weighted by Gasteiger charge is -2.32. The molecule has 0 aromatic carbocycles. The Balaban J connectivity index is 0.00000128. The molecule has 5 nitrogen and oxygen atoms in total. The average Bonchev–Trinajstić information content (AvgIpc) is 2.81. The maximum Gasteiger partial charge on any atom is 0.271 e. The van der Waals surface area contributed by atoms with Gasteiger partial charge in [0.25, 0.3) is 5.91 Å². The van der Waals surface area contributed by atoms with Gasteiger partial charge in [0.2, 0.25) is 0 Å². The Morgan fingerprint density at radius 3 is 3.12 bits per heavy atom. The third-order valence-electron chi connectivity index (χ3n) is 2.85. The predicted molar refractivity (Wildman–Crippen MR) is 63.8 cm³/mol. The van der Waals surface area contributed by atoms with Gasteiger partial charge in [0, 0.05) is 25.3 Å². The van der Waals surface area contributed by atoms with Crippen LogP contribution in [0.25, 0.3) is 0 Å². The monoisotopic (exact) mass is 244 g/mol. The van der Waals surface area contributed by atoms with E-state index in [0.717, 1.165) is 25.9 Å². The van der Waals surface area contributed by atoms with Crippen LogP contribution in [0.4, 0.5) is 0 Å². The van der Waals surface area contributed by atoms with Gasteiger partial charge >= 0.3 is 0 Å². The highest BCUT2D eigenvalue weighted by atomic mass is 35.5. The number of halogens is 1. The molecule has 1 aromatic rings. The lowest BCUT2D eigenvalue weighted by atomic mass is 10.1. The van der Waals surface area contributed by atoms with Crippen molar-refractivity contribution in [1.82, 2.24) is 20.4 Å². The number of hydrogen-bond donors (Lipinski definition) is 2. The van der Waals surface area contributed by atoms with Crippen LogP contribution in [-0.4, -0.2) is 47.2 Å². The number of likely N-dealkylation sites (N-methyl/N-ethyl adjacent to an activating group) is 1. The van der Waals surface area contributed by atoms with E-state index >= 15 is 0 Å². The van der Waals surface area contributed by atoms with Gasteiger partial charge in [-0.05, 0) is 26.0 Å². The minimum Gasteiger partial charge on any atom is -0.336 e. The molecule has 1 fully saturated rings. The van der Waals surface area contributed by atoms with Gasteiger partial charge in [-0.1, -0.05) is 0 Å². The summed E-state index contributed by atoms with van der Waals surface area (Å²) in [5.41, 5.74) is 0.576. The van der Waals surface area contributed by atoms with Crippen LogP contribution < -0.4 is 5.32 Å². The van der Waals surface area contributed by atoms with Crippen molar-refractivity contribution in [3.63, 3.8) is 0 Å². The van der Waals surface area contributed by atoms with Gasteiger partial charge in [-0.15, -0.1) is 12.4 Å². The van der Waals surface area contributed by atoms with Crippen LogP contribution in [0, 0.1) is 0 Å². The quantitative estimate of drug-likeness (QED) is 0.803. The van der Waals surface area contributed by atoms with Gasteiger partial charge < -0.3 is 10.2 Å². The molecular weight excluding hydrogens is 228 g/mol. The largest absolute Gasteiger partial charge is 0.336 e. The van der Waals surface area contributed by atoms with Gasteiger partial charge in [0.15, 0.2) is 0 Å². The zero-order valence-electron chi connectivity index (χ0n) is 9.27. The van der Waals surface area contributed by atoms with E-state index in [1.165, 1.54) is 0 Å². The van der Waals surface area contributed by atoms with Crippen molar-refractivity contribution >= 4 is 18.3 Å². The summed E-state index contributed by atoms with van der Waals surface area (Å²) in [7, 11) is 1.94. The summed E-state index contributed by atoms with van der Waals surface area (Å²) in [5.74, 6) is 0.0486. The molecule has 0 saturated carbocycles. The number of nitrogens with zero attached hydrogens (tertiary/aromatic N) is 2. The molecule has 0 aliphatic carbocycles. The summed E-state index contributed by atoms with van der Waals surface area (Å²) in [6.07, 6.45) is 3.81. The molecule has 0 spiro atoms. The van der Waals surface area contributed by atoms with Crippen molar-refractivity contribution in [2.24, 2.45) is 0 Å². The average molecular weight is 245 g/mol. The fraction of sp³-hybridized carbons (Fsp3) is 0.600. The van der Waals surface area contributed by atoms with Crippen LogP contribution >= 0.6 is 12.4 Å². The summed E-state index contributed by atoms with van der Waals surface area (Å²) in [6, 6.07) is 2.14. The molecule has 90 valence electrons. The van der Waals surface area contributed by atoms with Gasteiger partial charge in [0.1, 0.15) is 5.69 Å². The lowest BCUT2D eigenvalue weighted by Crippen LogP contribution is -2.47. The van der Waals surface area contributed by atoms with Crippen molar-refractivity contribution in [2.45, 2.75) is 18.9 Å². The molecule has 16 heavy (non-hydrogen) atoms. The maximum atomic E-state index is 11.9. The molecule has 1 aromatic heterocycles. The Bertz CT molecular complexity index is 328. The number of hydrogen-bond acceptors (Lipinski definition) is 3. The van der Waals surface area contributed by atoms with Crippen LogP contribution in [0.1, 0.15) is 23.3 Å². The normalized spacial score (nSPS) is 20.3. The number of carbonyl (C=O) groups excluding carboxylic acids is 1. The van der Waals surface area contributed by atoms with E-state index in [0.29, 0.717) is 11.7 Å². The van der Waals surface area contributed by atoms with E-state index in [9.17, 15) is 4.79 Å². The highest BCUT2D eigenvalue weighted by Crippen LogP contribution is 2.12. The molecule has 1 unspecified atom stereocenters. The first-order valence-electron chi connectivity index (χ1n) is 5.27. The Morgan fingerprint density at radius 1 is 1.69 bits per heavy atom. The minimum atomic E-state index is 0. The molecule has 2 rings (SSSR count). The zero-order valence-corrected chi connectivity index (χ0v) is 10.1. The number of piperidine rings is 1. The highest BCUT2D eigenvalue weighted by molar-refractivity contribution is 5.92. The first-order valence-corrected chi connectivity index (χ1v) is 5.27. The summed E-state index contributed by atoms with van der Waals surface area (Å²) in [4.78, 5) is 13.8. The van der Waals surface area contributed by atoms with E-state index in [1.807, 2.05) is 11.9 Å². The number of carbonyl (C=O) groups is 1. The second-order valence-corrected chi connectivity index (χ2v) is 3.85. The van der Waals surface area contributed by atoms with Crippen LogP contribution in [0.2, 0.25) is 0 Å². The third-order valence-corrected chi connectivity index (χ3v) is 2.85. The Hall–Kier alpha value is -1.07. The van der Waals surface area contributed by atoms with Crippen molar-refractivity contribution in [1.29, 1.82) is 0 Å². The van der Waals surface area contributed by atoms with E-state index in [2.05, 4.69) is 15.5 Å². The first-order chi connectivity index (χ1) is 7.31. The molecule has 1 saturated heterocycles. The highest BCUT2D eigenvalue weighted by Gasteiger charge is 2.23. The van der Waals surface area contributed by atoms with Crippen LogP contribution in [0.15, 0.2) is 12.3 Å². The van der Waals surface area contributed by atoms with E-state index in [1.54, 1.807) is 12.3 Å². The molecule has 2 heterocycles. The number of rotatable bonds is 2. The number of aromatic amines is 1. The van der Waals surface area contributed by atoms with Crippen LogP contribution in [0.5, 0.6) is 0 Å². The van der Waals surface area contributed by atoms with Crippen molar-refractivity contribution in [3.05, 3.63) is 18.0 Å². The molecule has 6 heteroatoms.